The number of aliphatic hydroxyl groups is 1. The number of nitrogens with zero attached hydrogens (tertiary/aromatic N) is 4. The Morgan fingerprint density at radius 2 is 2.17 bits per heavy atom. The number of hydrogen-bond acceptors (Lipinski definition) is 7. The lowest BCUT2D eigenvalue weighted by atomic mass is 10.1. The summed E-state index contributed by atoms with van der Waals surface area (Å²) in [5, 5.41) is 22.7. The summed E-state index contributed by atoms with van der Waals surface area (Å²) in [5.41, 5.74) is 2.67. The predicted octanol–water partition coefficient (Wildman–Crippen LogP) is 2.11. The fraction of sp³-hybridized carbons (Fsp3) is 0.300. The van der Waals surface area contributed by atoms with Crippen molar-refractivity contribution in [1.82, 2.24) is 24.9 Å². The standard InChI is InChI=1S/C20H20FN7O2/c1-10-2-5-14(21)15(6-10)24-19-26-17-12(7-11-8-16(29)25-18(11)30)9-22-28(17)20(27-19)23-13-3-4-13/h2,5-7,9,13,16,29H,3-4,8H2,1H3,(H,25,30)(H2,23,24,26,27)/b11-7+. The van der Waals surface area contributed by atoms with Gasteiger partial charge in [-0.15, -0.1) is 0 Å². The van der Waals surface area contributed by atoms with Crippen molar-refractivity contribution < 1.29 is 14.3 Å². The van der Waals surface area contributed by atoms with E-state index < -0.39 is 12.0 Å². The van der Waals surface area contributed by atoms with Crippen LogP contribution in [0.15, 0.2) is 30.0 Å². The Kier molecular flexibility index (Phi) is 4.35. The van der Waals surface area contributed by atoms with Crippen LogP contribution in [0.4, 0.5) is 22.0 Å². The Balaban J connectivity index is 1.58. The van der Waals surface area contributed by atoms with Gasteiger partial charge in [0.05, 0.1) is 11.9 Å². The number of benzene rings is 1. The van der Waals surface area contributed by atoms with Crippen molar-refractivity contribution in [3.63, 3.8) is 0 Å². The summed E-state index contributed by atoms with van der Waals surface area (Å²) in [6, 6.07) is 5.07. The van der Waals surface area contributed by atoms with Crippen molar-refractivity contribution in [1.29, 1.82) is 0 Å². The zero-order chi connectivity index (χ0) is 20.8. The summed E-state index contributed by atoms with van der Waals surface area (Å²) in [6.07, 6.45) is 4.62. The maximum Gasteiger partial charge on any atom is 0.249 e. The Morgan fingerprint density at radius 3 is 2.90 bits per heavy atom. The number of halogens is 1. The molecule has 5 rings (SSSR count). The smallest absolute Gasteiger partial charge is 0.249 e. The highest BCUT2D eigenvalue weighted by Crippen LogP contribution is 2.27. The van der Waals surface area contributed by atoms with Crippen molar-refractivity contribution in [2.24, 2.45) is 0 Å². The van der Waals surface area contributed by atoms with Gasteiger partial charge in [0, 0.05) is 23.6 Å². The van der Waals surface area contributed by atoms with E-state index in [1.165, 1.54) is 6.07 Å². The van der Waals surface area contributed by atoms with E-state index >= 15 is 0 Å². The fourth-order valence-corrected chi connectivity index (χ4v) is 3.32. The van der Waals surface area contributed by atoms with Gasteiger partial charge in [0.15, 0.2) is 5.65 Å². The molecule has 3 heterocycles. The molecular weight excluding hydrogens is 389 g/mol. The van der Waals surface area contributed by atoms with Crippen molar-refractivity contribution >= 4 is 35.2 Å². The third kappa shape index (κ3) is 3.57. The molecule has 10 heteroatoms. The maximum absolute atomic E-state index is 14.2. The van der Waals surface area contributed by atoms with Crippen molar-refractivity contribution in [2.75, 3.05) is 10.6 Å². The number of fused-ring (bicyclic) bond motifs is 1. The molecule has 2 fully saturated rings. The van der Waals surface area contributed by atoms with Crippen LogP contribution in [0.5, 0.6) is 0 Å². The summed E-state index contributed by atoms with van der Waals surface area (Å²) in [6.45, 7) is 1.87. The van der Waals surface area contributed by atoms with Crippen LogP contribution in [-0.2, 0) is 4.79 Å². The first-order valence-electron chi connectivity index (χ1n) is 9.71. The number of anilines is 3. The second kappa shape index (κ2) is 7.06. The summed E-state index contributed by atoms with van der Waals surface area (Å²) < 4.78 is 15.8. The van der Waals surface area contributed by atoms with Crippen LogP contribution in [0.1, 0.15) is 30.4 Å². The highest BCUT2D eigenvalue weighted by Gasteiger charge is 2.26. The molecule has 1 aliphatic carbocycles. The van der Waals surface area contributed by atoms with E-state index in [4.69, 9.17) is 0 Å². The molecule has 1 unspecified atom stereocenters. The third-order valence-corrected chi connectivity index (χ3v) is 5.01. The van der Waals surface area contributed by atoms with Gasteiger partial charge in [0.1, 0.15) is 12.0 Å². The fourth-order valence-electron chi connectivity index (χ4n) is 3.32. The first kappa shape index (κ1) is 18.5. The van der Waals surface area contributed by atoms with Crippen LogP contribution in [0.2, 0.25) is 0 Å². The van der Waals surface area contributed by atoms with E-state index in [0.717, 1.165) is 18.4 Å². The largest absolute Gasteiger partial charge is 0.373 e. The van der Waals surface area contributed by atoms with E-state index in [1.807, 2.05) is 6.92 Å². The first-order chi connectivity index (χ1) is 14.5. The molecule has 9 nitrogen and oxygen atoms in total. The Bertz CT molecular complexity index is 1190. The van der Waals surface area contributed by atoms with Gasteiger partial charge in [-0.25, -0.2) is 4.39 Å². The molecule has 0 radical (unpaired) electrons. The zero-order valence-corrected chi connectivity index (χ0v) is 16.2. The molecule has 30 heavy (non-hydrogen) atoms. The van der Waals surface area contributed by atoms with Gasteiger partial charge in [-0.2, -0.15) is 19.6 Å². The Morgan fingerprint density at radius 1 is 1.33 bits per heavy atom. The highest BCUT2D eigenvalue weighted by molar-refractivity contribution is 6.00. The summed E-state index contributed by atoms with van der Waals surface area (Å²) in [5.74, 6) is -0.0366. The molecule has 0 spiro atoms. The van der Waals surface area contributed by atoms with Crippen LogP contribution >= 0.6 is 0 Å². The molecule has 1 atom stereocenters. The third-order valence-electron chi connectivity index (χ3n) is 5.01. The van der Waals surface area contributed by atoms with Gasteiger partial charge in [-0.3, -0.25) is 4.79 Å². The maximum atomic E-state index is 14.2. The molecule has 3 aromatic rings. The van der Waals surface area contributed by atoms with Crippen LogP contribution in [0.25, 0.3) is 11.7 Å². The lowest BCUT2D eigenvalue weighted by Gasteiger charge is -2.11. The predicted molar refractivity (Wildman–Crippen MR) is 109 cm³/mol. The molecule has 1 saturated heterocycles. The molecule has 1 amide bonds. The minimum atomic E-state index is -0.895. The molecule has 4 N–H and O–H groups in total. The van der Waals surface area contributed by atoms with E-state index in [0.29, 0.717) is 28.8 Å². The van der Waals surface area contributed by atoms with Crippen LogP contribution < -0.4 is 16.0 Å². The SMILES string of the molecule is Cc1ccc(F)c(Nc2nc(NC3CC3)n3ncc(/C=C4\CC(O)NC4=O)c3n2)c1. The summed E-state index contributed by atoms with van der Waals surface area (Å²) in [7, 11) is 0. The Hall–Kier alpha value is -3.53. The van der Waals surface area contributed by atoms with Crippen LogP contribution in [0, 0.1) is 12.7 Å². The summed E-state index contributed by atoms with van der Waals surface area (Å²) >= 11 is 0. The number of carbonyl (C=O) groups excluding carboxylic acids is 1. The number of aromatic nitrogens is 4. The average Bonchev–Trinajstić information content (AvgIpc) is 3.34. The normalized spacial score (nSPS) is 20.0. The van der Waals surface area contributed by atoms with E-state index in [9.17, 15) is 14.3 Å². The molecule has 2 aliphatic rings. The molecule has 2 aromatic heterocycles. The number of aliphatic hydroxyl groups excluding tert-OH is 1. The van der Waals surface area contributed by atoms with Crippen molar-refractivity contribution in [2.45, 2.75) is 38.5 Å². The topological polar surface area (TPSA) is 116 Å². The minimum Gasteiger partial charge on any atom is -0.373 e. The van der Waals surface area contributed by atoms with Crippen molar-refractivity contribution in [3.05, 3.63) is 46.9 Å². The first-order valence-corrected chi connectivity index (χ1v) is 9.71. The number of carbonyl (C=O) groups is 1. The quantitative estimate of drug-likeness (QED) is 0.477. The van der Waals surface area contributed by atoms with Gasteiger partial charge in [0.2, 0.25) is 17.8 Å². The van der Waals surface area contributed by atoms with Crippen LogP contribution in [-0.4, -0.2) is 42.9 Å². The van der Waals surface area contributed by atoms with Crippen molar-refractivity contribution in [3.8, 4) is 0 Å². The monoisotopic (exact) mass is 409 g/mol. The van der Waals surface area contributed by atoms with Gasteiger partial charge in [0.25, 0.3) is 0 Å². The van der Waals surface area contributed by atoms with Crippen LogP contribution in [0.3, 0.4) is 0 Å². The number of amides is 1. The van der Waals surface area contributed by atoms with E-state index in [1.54, 1.807) is 28.9 Å². The molecule has 1 aromatic carbocycles. The lowest BCUT2D eigenvalue weighted by molar-refractivity contribution is -0.117. The molecular formula is C20H20FN7O2. The summed E-state index contributed by atoms with van der Waals surface area (Å²) in [4.78, 5) is 21.0. The number of hydrogen-bond donors (Lipinski definition) is 4. The number of nitrogens with one attached hydrogen (secondary N) is 3. The van der Waals surface area contributed by atoms with Gasteiger partial charge in [-0.05, 0) is 43.5 Å². The minimum absolute atomic E-state index is 0.202. The number of aryl methyl sites for hydroxylation is 1. The molecule has 154 valence electrons. The van der Waals surface area contributed by atoms with Gasteiger partial charge in [-0.1, -0.05) is 6.07 Å². The second-order valence-electron chi connectivity index (χ2n) is 7.60. The average molecular weight is 409 g/mol. The second-order valence-corrected chi connectivity index (χ2v) is 7.60. The molecule has 1 saturated carbocycles. The zero-order valence-electron chi connectivity index (χ0n) is 16.2. The number of rotatable bonds is 5. The molecule has 1 aliphatic heterocycles. The van der Waals surface area contributed by atoms with E-state index in [-0.39, 0.29) is 24.0 Å². The highest BCUT2D eigenvalue weighted by atomic mass is 19.1. The Labute approximate surface area is 171 Å². The lowest BCUT2D eigenvalue weighted by Crippen LogP contribution is -2.24. The van der Waals surface area contributed by atoms with E-state index in [2.05, 4.69) is 31.0 Å². The molecule has 0 bridgehead atoms. The van der Waals surface area contributed by atoms with Gasteiger partial charge >= 0.3 is 0 Å². The van der Waals surface area contributed by atoms with Gasteiger partial charge < -0.3 is 21.1 Å².